The Morgan fingerprint density at radius 1 is 0.917 bits per heavy atom. The summed E-state index contributed by atoms with van der Waals surface area (Å²) < 4.78 is 0. The van der Waals surface area contributed by atoms with Gasteiger partial charge in [-0.15, -0.1) is 0 Å². The van der Waals surface area contributed by atoms with Gasteiger partial charge < -0.3 is 0 Å². The Morgan fingerprint density at radius 3 is 2.62 bits per heavy atom. The van der Waals surface area contributed by atoms with Crippen LogP contribution in [0.15, 0.2) is 48.5 Å². The number of aromatic nitrogens is 1. The summed E-state index contributed by atoms with van der Waals surface area (Å²) in [5, 5.41) is 0. The molecule has 5 rings (SSSR count). The lowest BCUT2D eigenvalue weighted by Crippen LogP contribution is -2.43. The molecule has 2 atom stereocenters. The van der Waals surface area contributed by atoms with Gasteiger partial charge in [0.2, 0.25) is 0 Å². The van der Waals surface area contributed by atoms with Crippen LogP contribution in [0.2, 0.25) is 0 Å². The van der Waals surface area contributed by atoms with Gasteiger partial charge in [-0.2, -0.15) is 0 Å². The third-order valence-electron chi connectivity index (χ3n) is 5.46. The molecule has 3 nitrogen and oxygen atoms in total. The molecule has 3 aliphatic heterocycles. The first-order valence-electron chi connectivity index (χ1n) is 9.19. The van der Waals surface area contributed by atoms with Gasteiger partial charge in [-0.3, -0.25) is 14.8 Å². The van der Waals surface area contributed by atoms with Crippen LogP contribution in [0, 0.1) is 12.8 Å². The van der Waals surface area contributed by atoms with E-state index in [0.717, 1.165) is 24.7 Å². The van der Waals surface area contributed by atoms with Crippen LogP contribution in [0.4, 0.5) is 0 Å². The second-order valence-electron chi connectivity index (χ2n) is 7.48. The molecule has 1 aromatic carbocycles. The average molecular weight is 321 g/mol. The minimum atomic E-state index is 0.689. The van der Waals surface area contributed by atoms with Crippen LogP contribution in [-0.4, -0.2) is 40.5 Å². The van der Waals surface area contributed by atoms with E-state index < -0.39 is 0 Å². The number of nitrogens with zero attached hydrogens (tertiary/aromatic N) is 3. The average Bonchev–Trinajstić information content (AvgIpc) is 2.86. The number of piperidine rings is 1. The Morgan fingerprint density at radius 2 is 1.79 bits per heavy atom. The molecule has 4 heterocycles. The normalized spacial score (nSPS) is 24.9. The molecule has 0 saturated carbocycles. The van der Waals surface area contributed by atoms with Crippen molar-refractivity contribution in [3.63, 3.8) is 0 Å². The fourth-order valence-electron chi connectivity index (χ4n) is 4.33. The summed E-state index contributed by atoms with van der Waals surface area (Å²) in [7, 11) is 0. The molecule has 24 heavy (non-hydrogen) atoms. The van der Waals surface area contributed by atoms with Gasteiger partial charge in [-0.25, -0.2) is 0 Å². The van der Waals surface area contributed by atoms with E-state index in [1.165, 1.54) is 43.7 Å². The summed E-state index contributed by atoms with van der Waals surface area (Å²) in [4.78, 5) is 10.0. The SMILES string of the molecule is Cc1cccc(CN2C[C@H]3CC[C@@H](C2)N(Cc2ccccc2)C3)n1. The van der Waals surface area contributed by atoms with Crippen molar-refractivity contribution < 1.29 is 0 Å². The van der Waals surface area contributed by atoms with Crippen molar-refractivity contribution in [2.45, 2.75) is 38.9 Å². The molecule has 0 aliphatic carbocycles. The Kier molecular flexibility index (Phi) is 4.63. The number of fused-ring (bicyclic) bond motifs is 4. The zero-order valence-electron chi connectivity index (χ0n) is 14.6. The van der Waals surface area contributed by atoms with Crippen LogP contribution >= 0.6 is 0 Å². The van der Waals surface area contributed by atoms with E-state index >= 15 is 0 Å². The lowest BCUT2D eigenvalue weighted by atomic mass is 9.94. The second-order valence-corrected chi connectivity index (χ2v) is 7.48. The number of hydrogen-bond donors (Lipinski definition) is 0. The lowest BCUT2D eigenvalue weighted by molar-refractivity contribution is 0.123. The van der Waals surface area contributed by atoms with Crippen LogP contribution in [0.3, 0.4) is 0 Å². The molecule has 1 aromatic heterocycles. The topological polar surface area (TPSA) is 19.4 Å². The van der Waals surface area contributed by atoms with E-state index in [-0.39, 0.29) is 0 Å². The molecule has 3 fully saturated rings. The minimum absolute atomic E-state index is 0.689. The minimum Gasteiger partial charge on any atom is -0.296 e. The van der Waals surface area contributed by atoms with Gasteiger partial charge in [-0.05, 0) is 43.4 Å². The third kappa shape index (κ3) is 3.68. The van der Waals surface area contributed by atoms with Gasteiger partial charge in [0, 0.05) is 44.5 Å². The molecule has 3 heteroatoms. The molecule has 0 spiro atoms. The second kappa shape index (κ2) is 7.04. The van der Waals surface area contributed by atoms with Crippen LogP contribution in [-0.2, 0) is 13.1 Å². The molecule has 126 valence electrons. The summed E-state index contributed by atoms with van der Waals surface area (Å²) in [6, 6.07) is 18.0. The lowest BCUT2D eigenvalue weighted by Gasteiger charge is -2.36. The van der Waals surface area contributed by atoms with Gasteiger partial charge in [0.05, 0.1) is 5.69 Å². The Bertz CT molecular complexity index is 670. The van der Waals surface area contributed by atoms with E-state index in [9.17, 15) is 0 Å². The molecule has 0 N–H and O–H groups in total. The zero-order valence-corrected chi connectivity index (χ0v) is 14.6. The number of aryl methyl sites for hydroxylation is 1. The van der Waals surface area contributed by atoms with Gasteiger partial charge in [-0.1, -0.05) is 36.4 Å². The Balaban J connectivity index is 1.44. The molecule has 2 bridgehead atoms. The maximum Gasteiger partial charge on any atom is 0.0547 e. The van der Waals surface area contributed by atoms with Crippen molar-refractivity contribution in [3.8, 4) is 0 Å². The highest BCUT2D eigenvalue weighted by atomic mass is 15.3. The number of benzene rings is 1. The number of hydrogen-bond acceptors (Lipinski definition) is 3. The van der Waals surface area contributed by atoms with Crippen LogP contribution in [0.5, 0.6) is 0 Å². The van der Waals surface area contributed by atoms with Crippen LogP contribution in [0.25, 0.3) is 0 Å². The summed E-state index contributed by atoms with van der Waals surface area (Å²) in [6.07, 6.45) is 2.73. The zero-order chi connectivity index (χ0) is 16.4. The van der Waals surface area contributed by atoms with Gasteiger partial charge >= 0.3 is 0 Å². The van der Waals surface area contributed by atoms with Gasteiger partial charge in [0.1, 0.15) is 0 Å². The first-order chi connectivity index (χ1) is 11.8. The molecule has 0 radical (unpaired) electrons. The standard InChI is InChI=1S/C21H27N3/c1-17-6-5-9-20(22-17)15-23-12-19-10-11-21(16-23)24(14-19)13-18-7-3-2-4-8-18/h2-9,19,21H,10-16H2,1H3/t19-,21+/m1/s1. The summed E-state index contributed by atoms with van der Waals surface area (Å²) in [6.45, 7) is 7.82. The Labute approximate surface area is 145 Å². The molecule has 3 aliphatic rings. The summed E-state index contributed by atoms with van der Waals surface area (Å²) >= 11 is 0. The molecule has 3 saturated heterocycles. The Hall–Kier alpha value is -1.71. The first-order valence-corrected chi connectivity index (χ1v) is 9.19. The van der Waals surface area contributed by atoms with Gasteiger partial charge in [0.15, 0.2) is 0 Å². The largest absolute Gasteiger partial charge is 0.296 e. The van der Waals surface area contributed by atoms with E-state index in [1.807, 2.05) is 0 Å². The van der Waals surface area contributed by atoms with Crippen molar-refractivity contribution in [2.75, 3.05) is 19.6 Å². The van der Waals surface area contributed by atoms with E-state index in [0.29, 0.717) is 6.04 Å². The van der Waals surface area contributed by atoms with E-state index in [2.05, 4.69) is 65.3 Å². The fraction of sp³-hybridized carbons (Fsp3) is 0.476. The molecule has 0 unspecified atom stereocenters. The van der Waals surface area contributed by atoms with Crippen LogP contribution < -0.4 is 0 Å². The quantitative estimate of drug-likeness (QED) is 0.859. The summed E-state index contributed by atoms with van der Waals surface area (Å²) in [5.41, 5.74) is 3.78. The highest BCUT2D eigenvalue weighted by molar-refractivity contribution is 5.15. The summed E-state index contributed by atoms with van der Waals surface area (Å²) in [5.74, 6) is 0.803. The smallest absolute Gasteiger partial charge is 0.0547 e. The maximum atomic E-state index is 4.70. The van der Waals surface area contributed by atoms with Crippen molar-refractivity contribution in [3.05, 3.63) is 65.5 Å². The molecule has 0 amide bonds. The van der Waals surface area contributed by atoms with Crippen molar-refractivity contribution in [2.24, 2.45) is 5.92 Å². The molecular weight excluding hydrogens is 294 g/mol. The van der Waals surface area contributed by atoms with E-state index in [4.69, 9.17) is 4.98 Å². The molecular formula is C21H27N3. The van der Waals surface area contributed by atoms with E-state index in [1.54, 1.807) is 0 Å². The first kappa shape index (κ1) is 15.8. The van der Waals surface area contributed by atoms with Crippen molar-refractivity contribution in [1.29, 1.82) is 0 Å². The third-order valence-corrected chi connectivity index (χ3v) is 5.46. The van der Waals surface area contributed by atoms with Crippen LogP contribution in [0.1, 0.15) is 29.8 Å². The maximum absolute atomic E-state index is 4.70. The number of rotatable bonds is 4. The van der Waals surface area contributed by atoms with Crippen molar-refractivity contribution in [1.82, 2.24) is 14.8 Å². The highest BCUT2D eigenvalue weighted by Crippen LogP contribution is 2.29. The van der Waals surface area contributed by atoms with Gasteiger partial charge in [0.25, 0.3) is 0 Å². The van der Waals surface area contributed by atoms with Crippen molar-refractivity contribution >= 4 is 0 Å². The predicted octanol–water partition coefficient (Wildman–Crippen LogP) is 3.49. The molecule has 2 aromatic rings. The predicted molar refractivity (Wildman–Crippen MR) is 97.6 cm³/mol. The number of pyridine rings is 1. The highest BCUT2D eigenvalue weighted by Gasteiger charge is 2.34. The fourth-order valence-corrected chi connectivity index (χ4v) is 4.33. The monoisotopic (exact) mass is 321 g/mol.